The molecule has 0 aromatic carbocycles. The van der Waals surface area contributed by atoms with E-state index in [0.29, 0.717) is 4.57 Å². The first-order valence-corrected chi connectivity index (χ1v) is 14.5. The van der Waals surface area contributed by atoms with Crippen LogP contribution in [-0.2, 0) is 40.1 Å². The van der Waals surface area contributed by atoms with Crippen LogP contribution >= 0.6 is 6.57 Å². The summed E-state index contributed by atoms with van der Waals surface area (Å²) in [6.45, 7) is 4.91. The van der Waals surface area contributed by atoms with Crippen LogP contribution in [0.15, 0.2) is 17.1 Å². The zero-order valence-electron chi connectivity index (χ0n) is 21.8. The number of nitrogens with zero attached hydrogens (tertiary/aromatic N) is 2. The maximum Gasteiger partial charge on any atom is 0.351 e. The number of hydrogen-bond donors (Lipinski definition) is 4. The van der Waals surface area contributed by atoms with Gasteiger partial charge < -0.3 is 29.6 Å². The molecule has 1 aliphatic heterocycles. The first-order valence-electron chi connectivity index (χ1n) is 11.7. The quantitative estimate of drug-likeness (QED) is 0.201. The number of nitrogens with two attached hydrogens (primary N) is 1. The Kier molecular flexibility index (Phi) is 10.9. The van der Waals surface area contributed by atoms with E-state index in [1.807, 2.05) is 0 Å². The highest BCUT2D eigenvalue weighted by Crippen LogP contribution is 2.45. The van der Waals surface area contributed by atoms with Gasteiger partial charge in [-0.2, -0.15) is 4.98 Å². The van der Waals surface area contributed by atoms with E-state index in [9.17, 15) is 28.3 Å². The van der Waals surface area contributed by atoms with Crippen LogP contribution in [0.5, 0.6) is 0 Å². The van der Waals surface area contributed by atoms with E-state index in [0.717, 1.165) is 6.20 Å². The summed E-state index contributed by atoms with van der Waals surface area (Å²) in [6.07, 6.45) is -6.10. The molecule has 2 heterocycles. The van der Waals surface area contributed by atoms with Crippen molar-refractivity contribution in [3.63, 3.8) is 0 Å². The lowest BCUT2D eigenvalue weighted by Gasteiger charge is -2.31. The molecule has 2 rings (SSSR count). The Hall–Kier alpha value is -2.07. The Balaban J connectivity index is 2.25. The van der Waals surface area contributed by atoms with E-state index in [1.165, 1.54) is 19.9 Å². The molecule has 1 aromatic heterocycles. The molecule has 0 spiro atoms. The van der Waals surface area contributed by atoms with Gasteiger partial charge in [0, 0.05) is 6.20 Å². The first kappa shape index (κ1) is 32.1. The van der Waals surface area contributed by atoms with Crippen LogP contribution in [0.1, 0.15) is 47.8 Å². The van der Waals surface area contributed by atoms with Crippen LogP contribution in [0.2, 0.25) is 0 Å². The number of aliphatic hydroxyl groups is 1. The van der Waals surface area contributed by atoms with E-state index < -0.39 is 79.5 Å². The fourth-order valence-corrected chi connectivity index (χ4v) is 6.20. The molecule has 216 valence electrons. The van der Waals surface area contributed by atoms with Crippen LogP contribution in [0, 0.1) is 0 Å². The summed E-state index contributed by atoms with van der Waals surface area (Å²) in [4.78, 5) is 40.3. The van der Waals surface area contributed by atoms with Gasteiger partial charge in [-0.3, -0.25) is 14.2 Å². The standard InChI is InChI=1S/C21H34F2N5O8PS/c1-10(2)34-18(30)12(5)26-37(38,27-13(6)19(31)35-11(3)4)33-9-14-21(22,23)16(29)17(36-14)28-8-7-15(24)25-20(28)32/h7-8,10-14,16-17,29H,9H2,1-6H3,(H2,24,25,32)(H2,26,27,38)/t12-,13-,14+,16-,17+/m0/s1. The summed E-state index contributed by atoms with van der Waals surface area (Å²) in [6, 6.07) is -0.916. The average Bonchev–Trinajstić information content (AvgIpc) is 3.00. The molecule has 0 amide bonds. The van der Waals surface area contributed by atoms with Gasteiger partial charge in [-0.05, 0) is 59.4 Å². The molecule has 38 heavy (non-hydrogen) atoms. The van der Waals surface area contributed by atoms with Crippen molar-refractivity contribution in [2.45, 2.75) is 90.2 Å². The summed E-state index contributed by atoms with van der Waals surface area (Å²) in [5.41, 5.74) is 4.42. The number of nitrogen functional groups attached to an aromatic ring is 1. The molecule has 1 saturated heterocycles. The second-order valence-electron chi connectivity index (χ2n) is 9.20. The molecular weight excluding hydrogens is 551 g/mol. The van der Waals surface area contributed by atoms with E-state index >= 15 is 0 Å². The first-order chi connectivity index (χ1) is 17.5. The largest absolute Gasteiger partial charge is 0.462 e. The molecule has 1 fully saturated rings. The number of carbonyl (C=O) groups is 2. The van der Waals surface area contributed by atoms with Crippen molar-refractivity contribution in [1.82, 2.24) is 19.7 Å². The number of anilines is 1. The van der Waals surface area contributed by atoms with Crippen molar-refractivity contribution in [3.05, 3.63) is 22.7 Å². The van der Waals surface area contributed by atoms with Crippen molar-refractivity contribution in [2.75, 3.05) is 12.3 Å². The zero-order valence-corrected chi connectivity index (χ0v) is 23.5. The van der Waals surface area contributed by atoms with Gasteiger partial charge >= 0.3 is 23.6 Å². The predicted octanol–water partition coefficient (Wildman–Crippen LogP) is 0.820. The van der Waals surface area contributed by atoms with Crippen molar-refractivity contribution in [1.29, 1.82) is 0 Å². The highest BCUT2D eigenvalue weighted by molar-refractivity contribution is 8.10. The maximum atomic E-state index is 15.0. The SMILES string of the molecule is CC(C)OC(=O)[C@H](C)NP(=S)(N[C@@H](C)C(=O)OC(C)C)OC[C@H]1O[C@@H](n2ccc(N)nc2=O)[C@H](O)C1(F)F. The van der Waals surface area contributed by atoms with Gasteiger partial charge in [0.25, 0.3) is 0 Å². The molecular formula is C21H34F2N5O8PS. The third-order valence-electron chi connectivity index (χ3n) is 5.07. The van der Waals surface area contributed by atoms with Gasteiger partial charge in [0.2, 0.25) is 0 Å². The Morgan fingerprint density at radius 2 is 1.68 bits per heavy atom. The van der Waals surface area contributed by atoms with Gasteiger partial charge in [0.15, 0.2) is 25.0 Å². The minimum Gasteiger partial charge on any atom is -0.462 e. The van der Waals surface area contributed by atoms with Crippen LogP contribution in [0.25, 0.3) is 0 Å². The Morgan fingerprint density at radius 1 is 1.18 bits per heavy atom. The topological polar surface area (TPSA) is 176 Å². The number of rotatable bonds is 12. The second kappa shape index (κ2) is 12.9. The number of nitrogens with one attached hydrogen (secondary N) is 2. The maximum absolute atomic E-state index is 15.0. The molecule has 0 aliphatic carbocycles. The predicted molar refractivity (Wildman–Crippen MR) is 136 cm³/mol. The van der Waals surface area contributed by atoms with Crippen LogP contribution in [-0.4, -0.2) is 75.6 Å². The highest BCUT2D eigenvalue weighted by Gasteiger charge is 2.59. The molecule has 17 heteroatoms. The summed E-state index contributed by atoms with van der Waals surface area (Å²) in [5, 5.41) is 15.7. The Labute approximate surface area is 223 Å². The lowest BCUT2D eigenvalue weighted by Crippen LogP contribution is -2.45. The molecule has 0 unspecified atom stereocenters. The lowest BCUT2D eigenvalue weighted by atomic mass is 10.1. The number of aliphatic hydroxyl groups excluding tert-OH is 1. The van der Waals surface area contributed by atoms with Crippen LogP contribution < -0.4 is 21.6 Å². The lowest BCUT2D eigenvalue weighted by molar-refractivity contribution is -0.149. The number of halogens is 2. The fraction of sp³-hybridized carbons (Fsp3) is 0.714. The second-order valence-corrected chi connectivity index (χ2v) is 12.6. The minimum atomic E-state index is -3.88. The summed E-state index contributed by atoms with van der Waals surface area (Å²) < 4.78 is 51.8. The zero-order chi connectivity index (χ0) is 29.0. The Morgan fingerprint density at radius 3 is 2.13 bits per heavy atom. The molecule has 0 saturated carbocycles. The fourth-order valence-electron chi connectivity index (χ4n) is 3.27. The number of hydrogen-bond acceptors (Lipinski definition) is 11. The van der Waals surface area contributed by atoms with Gasteiger partial charge in [-0.25, -0.2) is 23.7 Å². The molecule has 0 bridgehead atoms. The third kappa shape index (κ3) is 8.21. The van der Waals surface area contributed by atoms with Crippen molar-refractivity contribution >= 4 is 36.1 Å². The van der Waals surface area contributed by atoms with Gasteiger partial charge in [-0.15, -0.1) is 0 Å². The number of esters is 2. The molecule has 5 atom stereocenters. The number of aromatic nitrogens is 2. The average molecular weight is 586 g/mol. The summed E-state index contributed by atoms with van der Waals surface area (Å²) in [7, 11) is 0. The van der Waals surface area contributed by atoms with E-state index in [2.05, 4.69) is 15.2 Å². The van der Waals surface area contributed by atoms with E-state index in [4.69, 9.17) is 36.3 Å². The monoisotopic (exact) mass is 585 g/mol. The highest BCUT2D eigenvalue weighted by atomic mass is 32.4. The molecule has 1 aliphatic rings. The van der Waals surface area contributed by atoms with Gasteiger partial charge in [0.05, 0.1) is 18.8 Å². The van der Waals surface area contributed by atoms with Crippen molar-refractivity contribution < 1.29 is 42.2 Å². The molecule has 13 nitrogen and oxygen atoms in total. The normalized spacial score (nSPS) is 22.9. The van der Waals surface area contributed by atoms with E-state index in [-0.39, 0.29) is 5.82 Å². The number of alkyl halides is 2. The minimum absolute atomic E-state index is 0.140. The Bertz CT molecular complexity index is 1070. The third-order valence-corrected chi connectivity index (χ3v) is 7.98. The molecule has 0 radical (unpaired) electrons. The summed E-state index contributed by atoms with van der Waals surface area (Å²) in [5.74, 6) is -5.40. The number of carbonyl (C=O) groups excluding carboxylic acids is 2. The molecule has 5 N–H and O–H groups in total. The van der Waals surface area contributed by atoms with Gasteiger partial charge in [0.1, 0.15) is 17.9 Å². The van der Waals surface area contributed by atoms with Crippen LogP contribution in [0.4, 0.5) is 14.6 Å². The van der Waals surface area contributed by atoms with Crippen molar-refractivity contribution in [2.24, 2.45) is 0 Å². The van der Waals surface area contributed by atoms with Gasteiger partial charge in [-0.1, -0.05) is 0 Å². The van der Waals surface area contributed by atoms with Crippen molar-refractivity contribution in [3.8, 4) is 0 Å². The van der Waals surface area contributed by atoms with Crippen LogP contribution in [0.3, 0.4) is 0 Å². The smallest absolute Gasteiger partial charge is 0.351 e. The summed E-state index contributed by atoms with van der Waals surface area (Å²) >= 11 is 5.53. The number of ether oxygens (including phenoxy) is 3. The van der Waals surface area contributed by atoms with E-state index in [1.54, 1.807) is 27.7 Å². The molecule has 1 aromatic rings.